The summed E-state index contributed by atoms with van der Waals surface area (Å²) < 4.78 is 84.2. The van der Waals surface area contributed by atoms with Crippen molar-refractivity contribution in [1.82, 2.24) is 0 Å². The SMILES string of the molecule is C=CC(O)CC(COP(=O)(O)OC(C)CCOP(=O)(O)OCCC(COP(=O)(O)O)I(C)F)I(C)F. The van der Waals surface area contributed by atoms with E-state index in [1.54, 1.807) is 0 Å². The maximum atomic E-state index is 13.8. The summed E-state index contributed by atoms with van der Waals surface area (Å²) in [5.74, 6) is 0. The van der Waals surface area contributed by atoms with Crippen LogP contribution in [0.3, 0.4) is 0 Å². The molecule has 0 amide bonds. The molecule has 13 nitrogen and oxygen atoms in total. The molecule has 36 heavy (non-hydrogen) atoms. The number of hydrogen-bond donors (Lipinski definition) is 5. The van der Waals surface area contributed by atoms with E-state index in [0.717, 1.165) is 0 Å². The Morgan fingerprint density at radius 3 is 1.83 bits per heavy atom. The molecule has 0 saturated heterocycles. The van der Waals surface area contributed by atoms with Crippen molar-refractivity contribution in [2.24, 2.45) is 0 Å². The van der Waals surface area contributed by atoms with E-state index in [0.29, 0.717) is 0 Å². The molecule has 6 atom stereocenters. The molecule has 0 aromatic rings. The van der Waals surface area contributed by atoms with E-state index in [9.17, 15) is 34.3 Å². The van der Waals surface area contributed by atoms with Crippen LogP contribution in [0.2, 0.25) is 0 Å². The van der Waals surface area contributed by atoms with Gasteiger partial charge in [-0.15, -0.1) is 0 Å². The Kier molecular flexibility index (Phi) is 18.6. The Morgan fingerprint density at radius 2 is 1.36 bits per heavy atom. The van der Waals surface area contributed by atoms with Crippen LogP contribution in [-0.4, -0.2) is 81.0 Å². The molecule has 6 unspecified atom stereocenters. The normalized spacial score (nSPS) is 19.9. The number of aliphatic hydroxyl groups excluding tert-OH is 1. The Hall–Kier alpha value is 1.35. The molecule has 5 N–H and O–H groups in total. The van der Waals surface area contributed by atoms with Crippen molar-refractivity contribution in [3.8, 4) is 0 Å². The van der Waals surface area contributed by atoms with Crippen molar-refractivity contribution in [2.75, 3.05) is 36.3 Å². The first-order valence-corrected chi connectivity index (χ1v) is 23.1. The summed E-state index contributed by atoms with van der Waals surface area (Å²) in [6.45, 7) is 2.86. The van der Waals surface area contributed by atoms with Gasteiger partial charge in [0.25, 0.3) is 0 Å². The fourth-order valence-corrected chi connectivity index (χ4v) is 8.65. The second-order valence-electron chi connectivity index (χ2n) is 7.30. The van der Waals surface area contributed by atoms with Gasteiger partial charge in [0.05, 0.1) is 0 Å². The van der Waals surface area contributed by atoms with Crippen molar-refractivity contribution in [3.05, 3.63) is 12.7 Å². The van der Waals surface area contributed by atoms with Crippen LogP contribution in [0.15, 0.2) is 12.7 Å². The third-order valence-corrected chi connectivity index (χ3v) is 13.5. The van der Waals surface area contributed by atoms with E-state index in [-0.39, 0.29) is 19.3 Å². The zero-order chi connectivity index (χ0) is 28.2. The minimum atomic E-state index is -4.78. The quantitative estimate of drug-likeness (QED) is 0.0478. The third-order valence-electron chi connectivity index (χ3n) is 4.24. The van der Waals surface area contributed by atoms with E-state index >= 15 is 0 Å². The number of phosphoric acid groups is 3. The molecule has 0 saturated carbocycles. The first-order chi connectivity index (χ1) is 16.4. The van der Waals surface area contributed by atoms with Crippen LogP contribution in [0.5, 0.6) is 0 Å². The number of halogens is 4. The van der Waals surface area contributed by atoms with Gasteiger partial charge in [0, 0.05) is 0 Å². The molecule has 0 spiro atoms. The van der Waals surface area contributed by atoms with E-state index in [1.165, 1.54) is 22.9 Å². The molecule has 0 radical (unpaired) electrons. The molecule has 0 aliphatic rings. The molecule has 220 valence electrons. The molecule has 0 aromatic carbocycles. The molecule has 0 bridgehead atoms. The van der Waals surface area contributed by atoms with E-state index in [2.05, 4.69) is 11.1 Å². The molecule has 0 aromatic heterocycles. The minimum absolute atomic E-state index is 0.0132. The van der Waals surface area contributed by atoms with Crippen LogP contribution in [0, 0.1) is 0 Å². The van der Waals surface area contributed by atoms with Crippen molar-refractivity contribution >= 4 is 64.3 Å². The number of aliphatic hydroxyl groups is 1. The van der Waals surface area contributed by atoms with Crippen LogP contribution in [0.1, 0.15) is 26.2 Å². The maximum absolute atomic E-state index is 13.8. The van der Waals surface area contributed by atoms with Gasteiger partial charge in [-0.25, -0.2) is 0 Å². The number of hydrogen-bond acceptors (Lipinski definition) is 9. The van der Waals surface area contributed by atoms with E-state index in [4.69, 9.17) is 27.9 Å². The predicted molar refractivity (Wildman–Crippen MR) is 146 cm³/mol. The molecule has 0 aliphatic heterocycles. The third kappa shape index (κ3) is 19.4. The van der Waals surface area contributed by atoms with E-state index in [1.807, 2.05) is 0 Å². The Labute approximate surface area is 225 Å². The summed E-state index contributed by atoms with van der Waals surface area (Å²) >= 11 is -6.10. The van der Waals surface area contributed by atoms with Gasteiger partial charge in [-0.05, 0) is 0 Å². The van der Waals surface area contributed by atoms with Crippen LogP contribution in [0.4, 0.5) is 5.72 Å². The molecule has 20 heteroatoms. The summed E-state index contributed by atoms with van der Waals surface area (Å²) in [7, 11) is -14.0. The molecule has 0 aliphatic carbocycles. The average Bonchev–Trinajstić information content (AvgIpc) is 2.71. The monoisotopic (exact) mass is 820 g/mol. The first kappa shape index (κ1) is 37.4. The summed E-state index contributed by atoms with van der Waals surface area (Å²) in [6, 6.07) is 0. The van der Waals surface area contributed by atoms with Crippen LogP contribution >= 0.6 is 64.3 Å². The first-order valence-electron chi connectivity index (χ1n) is 10.2. The van der Waals surface area contributed by atoms with Gasteiger partial charge < -0.3 is 0 Å². The fourth-order valence-electron chi connectivity index (χ4n) is 2.29. The summed E-state index contributed by atoms with van der Waals surface area (Å²) in [4.78, 5) is 39.6. The van der Waals surface area contributed by atoms with Crippen molar-refractivity contribution in [1.29, 1.82) is 0 Å². The standard InChI is InChI=1S/C16H35F2I2O13P3/c1-5-16(21)10-15(20(4)18)12-32-36(27,28)33-13(2)6-8-29-35(25,26)30-9-7-14(19(3)17)11-31-34(22,23)24/h5,13-16,21H,1,6-12H2,2-4H3,(H,25,26)(H,27,28)(H2,22,23,24). The second kappa shape index (κ2) is 17.9. The Bertz CT molecular complexity index is 788. The summed E-state index contributed by atoms with van der Waals surface area (Å²) in [5, 5.41) is 9.58. The summed E-state index contributed by atoms with van der Waals surface area (Å²) in [5.41, 5.74) is 0. The van der Waals surface area contributed by atoms with Crippen molar-refractivity contribution in [2.45, 2.75) is 46.2 Å². The van der Waals surface area contributed by atoms with Crippen molar-refractivity contribution < 1.29 is 66.7 Å². The Morgan fingerprint density at radius 1 is 0.861 bits per heavy atom. The van der Waals surface area contributed by atoms with Crippen LogP contribution in [0.25, 0.3) is 0 Å². The topological polar surface area (TPSA) is 199 Å². The predicted octanol–water partition coefficient (Wildman–Crippen LogP) is 4.25. The van der Waals surface area contributed by atoms with Gasteiger partial charge in [-0.2, -0.15) is 0 Å². The van der Waals surface area contributed by atoms with Crippen molar-refractivity contribution in [3.63, 3.8) is 0 Å². The van der Waals surface area contributed by atoms with Gasteiger partial charge in [0.2, 0.25) is 0 Å². The molecule has 0 heterocycles. The number of phosphoric ester groups is 3. The van der Waals surface area contributed by atoms with Gasteiger partial charge in [0.15, 0.2) is 0 Å². The number of rotatable bonds is 21. The van der Waals surface area contributed by atoms with Gasteiger partial charge in [-0.1, -0.05) is 0 Å². The van der Waals surface area contributed by atoms with Crippen LogP contribution < -0.4 is 0 Å². The molecular weight excluding hydrogens is 785 g/mol. The van der Waals surface area contributed by atoms with Gasteiger partial charge >= 0.3 is 226 Å². The average molecular weight is 820 g/mol. The molecular formula is C16H35F2I2O13P3. The zero-order valence-corrected chi connectivity index (χ0v) is 26.9. The second-order valence-corrected chi connectivity index (χ2v) is 20.0. The summed E-state index contributed by atoms with van der Waals surface area (Å²) in [6.07, 6.45) is -1.03. The zero-order valence-electron chi connectivity index (χ0n) is 19.9. The van der Waals surface area contributed by atoms with E-state index < -0.39 is 111 Å². The Balaban J connectivity index is 4.48. The number of alkyl halides is 4. The van der Waals surface area contributed by atoms with Gasteiger partial charge in [-0.3, -0.25) is 0 Å². The van der Waals surface area contributed by atoms with Gasteiger partial charge in [0.1, 0.15) is 0 Å². The fraction of sp³-hybridized carbons (Fsp3) is 0.875. The van der Waals surface area contributed by atoms with Crippen LogP contribution in [-0.2, 0) is 36.3 Å². The molecule has 0 fully saturated rings. The molecule has 0 rings (SSSR count).